The van der Waals surface area contributed by atoms with Crippen LogP contribution in [0.2, 0.25) is 0 Å². The SMILES string of the molecule is CC(C)(C)OC(=O)CNC(CC1CCCCC1)C(=O)N1CC=CCC1C(=O)NCc1ccc(/C(N)=N/O)nc1. The second-order valence-electron chi connectivity index (χ2n) is 11.2. The van der Waals surface area contributed by atoms with Crippen molar-refractivity contribution in [3.63, 3.8) is 0 Å². The van der Waals surface area contributed by atoms with Crippen LogP contribution in [0.3, 0.4) is 0 Å². The lowest BCUT2D eigenvalue weighted by atomic mass is 9.84. The number of amidine groups is 1. The van der Waals surface area contributed by atoms with Gasteiger partial charge in [0.25, 0.3) is 0 Å². The molecule has 1 aliphatic heterocycles. The minimum Gasteiger partial charge on any atom is -0.459 e. The second kappa shape index (κ2) is 14.1. The summed E-state index contributed by atoms with van der Waals surface area (Å²) >= 11 is 0. The summed E-state index contributed by atoms with van der Waals surface area (Å²) in [4.78, 5) is 45.2. The van der Waals surface area contributed by atoms with Gasteiger partial charge in [-0.25, -0.2) is 0 Å². The number of aromatic nitrogens is 1. The minimum absolute atomic E-state index is 0.0740. The molecule has 1 aromatic rings. The number of esters is 1. The predicted octanol–water partition coefficient (Wildman–Crippen LogP) is 2.22. The van der Waals surface area contributed by atoms with Gasteiger partial charge >= 0.3 is 5.97 Å². The lowest BCUT2D eigenvalue weighted by Crippen LogP contribution is -2.56. The van der Waals surface area contributed by atoms with Crippen molar-refractivity contribution in [3.8, 4) is 0 Å². The Labute approximate surface area is 230 Å². The van der Waals surface area contributed by atoms with Crippen LogP contribution < -0.4 is 16.4 Å². The monoisotopic (exact) mass is 542 g/mol. The fraction of sp³-hybridized carbons (Fsp3) is 0.607. The molecule has 1 aliphatic carbocycles. The highest BCUT2D eigenvalue weighted by Gasteiger charge is 2.35. The van der Waals surface area contributed by atoms with E-state index in [4.69, 9.17) is 15.7 Å². The van der Waals surface area contributed by atoms with Gasteiger partial charge in [0.2, 0.25) is 11.8 Å². The number of ether oxygens (including phenoxy) is 1. The standard InChI is InChI=1S/C28H42N6O5/c1-28(2,3)39-24(35)18-31-22(15-19-9-5-4-6-10-19)27(37)34-14-8-7-11-23(34)26(36)32-17-20-12-13-21(30-16-20)25(29)33-38/h7-8,12-13,16,19,22-23,31,38H,4-6,9-11,14-15,17-18H2,1-3H3,(H2,29,33)(H,32,36). The fourth-order valence-corrected chi connectivity index (χ4v) is 5.01. The van der Waals surface area contributed by atoms with E-state index in [0.717, 1.165) is 31.2 Å². The number of hydrogen-bond donors (Lipinski definition) is 4. The fourth-order valence-electron chi connectivity index (χ4n) is 5.01. The Bertz CT molecular complexity index is 1040. The Morgan fingerprint density at radius 3 is 2.59 bits per heavy atom. The lowest BCUT2D eigenvalue weighted by molar-refractivity contribution is -0.154. The van der Waals surface area contributed by atoms with Gasteiger partial charge in [0.1, 0.15) is 17.3 Å². The molecule has 2 atom stereocenters. The lowest BCUT2D eigenvalue weighted by Gasteiger charge is -2.36. The normalized spacial score (nSPS) is 19.4. The molecule has 39 heavy (non-hydrogen) atoms. The van der Waals surface area contributed by atoms with Crippen LogP contribution in [0.25, 0.3) is 0 Å². The van der Waals surface area contributed by atoms with E-state index < -0.39 is 23.7 Å². The first kappa shape index (κ1) is 30.1. The summed E-state index contributed by atoms with van der Waals surface area (Å²) in [7, 11) is 0. The van der Waals surface area contributed by atoms with Gasteiger partial charge in [-0.05, 0) is 51.2 Å². The Hall–Kier alpha value is -3.47. The Balaban J connectivity index is 1.67. The maximum atomic E-state index is 13.8. The average molecular weight is 543 g/mol. The van der Waals surface area contributed by atoms with E-state index >= 15 is 0 Å². The molecule has 2 aliphatic rings. The van der Waals surface area contributed by atoms with E-state index in [1.54, 1.807) is 17.0 Å². The van der Waals surface area contributed by atoms with Crippen LogP contribution >= 0.6 is 0 Å². The molecule has 0 bridgehead atoms. The van der Waals surface area contributed by atoms with Crippen molar-refractivity contribution in [1.82, 2.24) is 20.5 Å². The van der Waals surface area contributed by atoms with Gasteiger partial charge in [-0.1, -0.05) is 55.5 Å². The summed E-state index contributed by atoms with van der Waals surface area (Å²) in [6.45, 7) is 5.89. The van der Waals surface area contributed by atoms with Gasteiger partial charge < -0.3 is 25.9 Å². The predicted molar refractivity (Wildman–Crippen MR) is 147 cm³/mol. The molecule has 0 aromatic carbocycles. The van der Waals surface area contributed by atoms with E-state index in [1.807, 2.05) is 32.9 Å². The summed E-state index contributed by atoms with van der Waals surface area (Å²) in [5.41, 5.74) is 5.99. The topological polar surface area (TPSA) is 159 Å². The van der Waals surface area contributed by atoms with E-state index in [9.17, 15) is 14.4 Å². The third-order valence-corrected chi connectivity index (χ3v) is 6.96. The highest BCUT2D eigenvalue weighted by molar-refractivity contribution is 5.95. The molecule has 3 rings (SSSR count). The second-order valence-corrected chi connectivity index (χ2v) is 11.2. The summed E-state index contributed by atoms with van der Waals surface area (Å²) in [5.74, 6) is -0.567. The molecule has 11 nitrogen and oxygen atoms in total. The summed E-state index contributed by atoms with van der Waals surface area (Å²) in [6, 6.07) is 2.08. The third kappa shape index (κ3) is 9.35. The van der Waals surface area contributed by atoms with Crippen molar-refractivity contribution in [3.05, 3.63) is 41.7 Å². The number of carbonyl (C=O) groups is 3. The molecule has 0 spiro atoms. The molecule has 1 fully saturated rings. The molecule has 1 aromatic heterocycles. The Morgan fingerprint density at radius 1 is 1.21 bits per heavy atom. The number of amides is 2. The summed E-state index contributed by atoms with van der Waals surface area (Å²) in [5, 5.41) is 17.8. The molecule has 0 radical (unpaired) electrons. The van der Waals surface area contributed by atoms with Crippen molar-refractivity contribution in [2.24, 2.45) is 16.8 Å². The van der Waals surface area contributed by atoms with Crippen molar-refractivity contribution in [2.45, 2.75) is 89.9 Å². The average Bonchev–Trinajstić information content (AvgIpc) is 2.93. The highest BCUT2D eigenvalue weighted by Crippen LogP contribution is 2.28. The smallest absolute Gasteiger partial charge is 0.320 e. The van der Waals surface area contributed by atoms with Crippen molar-refractivity contribution < 1.29 is 24.3 Å². The molecular formula is C28H42N6O5. The number of hydrogen-bond acceptors (Lipinski definition) is 8. The van der Waals surface area contributed by atoms with Gasteiger partial charge in [-0.3, -0.25) is 24.7 Å². The number of carbonyl (C=O) groups excluding carboxylic acids is 3. The molecule has 2 heterocycles. The van der Waals surface area contributed by atoms with Crippen molar-refractivity contribution in [2.75, 3.05) is 13.1 Å². The summed E-state index contributed by atoms with van der Waals surface area (Å²) < 4.78 is 5.43. The van der Waals surface area contributed by atoms with Crippen LogP contribution in [0.5, 0.6) is 0 Å². The van der Waals surface area contributed by atoms with Gasteiger partial charge in [-0.15, -0.1) is 0 Å². The van der Waals surface area contributed by atoms with E-state index in [1.165, 1.54) is 12.6 Å². The zero-order chi connectivity index (χ0) is 28.4. The molecule has 2 amide bonds. The zero-order valence-electron chi connectivity index (χ0n) is 23.2. The van der Waals surface area contributed by atoms with Crippen LogP contribution in [0.15, 0.2) is 35.6 Å². The Morgan fingerprint density at radius 2 is 1.95 bits per heavy atom. The largest absolute Gasteiger partial charge is 0.459 e. The maximum absolute atomic E-state index is 13.8. The van der Waals surface area contributed by atoms with Gasteiger partial charge in [0, 0.05) is 19.3 Å². The first-order chi connectivity index (χ1) is 18.6. The van der Waals surface area contributed by atoms with Gasteiger partial charge in [0.05, 0.1) is 12.6 Å². The van der Waals surface area contributed by atoms with Gasteiger partial charge in [0.15, 0.2) is 5.84 Å². The number of rotatable bonds is 10. The van der Waals surface area contributed by atoms with Crippen molar-refractivity contribution in [1.29, 1.82) is 0 Å². The number of nitrogens with one attached hydrogen (secondary N) is 2. The molecule has 11 heteroatoms. The van der Waals surface area contributed by atoms with E-state index in [0.29, 0.717) is 31.0 Å². The number of nitrogens with zero attached hydrogens (tertiary/aromatic N) is 3. The van der Waals surface area contributed by atoms with E-state index in [-0.39, 0.29) is 30.7 Å². The third-order valence-electron chi connectivity index (χ3n) is 6.96. The Kier molecular flexibility index (Phi) is 10.8. The molecular weight excluding hydrogens is 500 g/mol. The number of pyridine rings is 1. The molecule has 214 valence electrons. The first-order valence-corrected chi connectivity index (χ1v) is 13.7. The molecule has 0 saturated heterocycles. The number of oxime groups is 1. The first-order valence-electron chi connectivity index (χ1n) is 13.7. The summed E-state index contributed by atoms with van der Waals surface area (Å²) in [6.07, 6.45) is 12.0. The van der Waals surface area contributed by atoms with Crippen LogP contribution in [-0.4, -0.2) is 69.5 Å². The quantitative estimate of drug-likeness (QED) is 0.0875. The molecule has 2 unspecified atom stereocenters. The van der Waals surface area contributed by atoms with E-state index in [2.05, 4.69) is 20.8 Å². The highest BCUT2D eigenvalue weighted by atomic mass is 16.6. The maximum Gasteiger partial charge on any atom is 0.320 e. The van der Waals surface area contributed by atoms with Crippen molar-refractivity contribution >= 4 is 23.6 Å². The molecule has 5 N–H and O–H groups in total. The van der Waals surface area contributed by atoms with Crippen LogP contribution in [0.4, 0.5) is 0 Å². The molecule has 1 saturated carbocycles. The minimum atomic E-state index is -0.663. The van der Waals surface area contributed by atoms with Crippen LogP contribution in [-0.2, 0) is 25.7 Å². The van der Waals surface area contributed by atoms with Gasteiger partial charge in [-0.2, -0.15) is 0 Å². The number of nitrogens with two attached hydrogens (primary N) is 1. The van der Waals surface area contributed by atoms with Crippen LogP contribution in [0.1, 0.15) is 77.0 Å². The van der Waals surface area contributed by atoms with Crippen LogP contribution in [0, 0.1) is 5.92 Å². The zero-order valence-corrected chi connectivity index (χ0v) is 23.2.